The maximum Gasteiger partial charge on any atom is 0.402 e. The molecule has 1 fully saturated rings. The van der Waals surface area contributed by atoms with Crippen molar-refractivity contribution in [3.05, 3.63) is 23.8 Å². The maximum absolute atomic E-state index is 13.8. The van der Waals surface area contributed by atoms with Crippen LogP contribution >= 0.6 is 0 Å². The highest BCUT2D eigenvalue weighted by atomic mass is 32.2. The predicted octanol–water partition coefficient (Wildman–Crippen LogP) is 2.26. The molecular weight excluding hydrogens is 319 g/mol. The summed E-state index contributed by atoms with van der Waals surface area (Å²) in [6.45, 7) is -1.73. The van der Waals surface area contributed by atoms with Crippen molar-refractivity contribution in [3.63, 3.8) is 0 Å². The van der Waals surface area contributed by atoms with Crippen LogP contribution in [0.15, 0.2) is 17.0 Å². The van der Waals surface area contributed by atoms with Crippen LogP contribution in [0.2, 0.25) is 0 Å². The van der Waals surface area contributed by atoms with Crippen molar-refractivity contribution >= 4 is 15.7 Å². The third-order valence-electron chi connectivity index (χ3n) is 2.97. The molecule has 118 valence electrons. The van der Waals surface area contributed by atoms with Gasteiger partial charge in [-0.25, -0.2) is 17.2 Å². The van der Waals surface area contributed by atoms with Gasteiger partial charge >= 0.3 is 6.18 Å². The molecule has 1 aromatic rings. The first-order chi connectivity index (χ1) is 9.54. The quantitative estimate of drug-likeness (QED) is 0.680. The molecule has 0 radical (unpaired) electrons. The summed E-state index contributed by atoms with van der Waals surface area (Å²) in [6.07, 6.45) is -4.25. The van der Waals surface area contributed by atoms with Gasteiger partial charge in [0.1, 0.15) is 22.9 Å². The second-order valence-corrected chi connectivity index (χ2v) is 6.53. The zero-order valence-corrected chi connectivity index (χ0v) is 11.3. The molecule has 4 nitrogen and oxygen atoms in total. The minimum Gasteiger partial charge on any atom is -0.394 e. The van der Waals surface area contributed by atoms with Gasteiger partial charge in [-0.05, 0) is 25.0 Å². The largest absolute Gasteiger partial charge is 0.402 e. The number of sulfonamides is 1. The van der Waals surface area contributed by atoms with Crippen LogP contribution < -0.4 is 5.73 Å². The van der Waals surface area contributed by atoms with Gasteiger partial charge in [0.05, 0.1) is 0 Å². The van der Waals surface area contributed by atoms with E-state index < -0.39 is 51.0 Å². The Labute approximate surface area is 117 Å². The van der Waals surface area contributed by atoms with Gasteiger partial charge < -0.3 is 5.73 Å². The van der Waals surface area contributed by atoms with E-state index in [2.05, 4.69) is 0 Å². The Morgan fingerprint density at radius 2 is 1.81 bits per heavy atom. The summed E-state index contributed by atoms with van der Waals surface area (Å²) >= 11 is 0. The van der Waals surface area contributed by atoms with E-state index in [4.69, 9.17) is 5.73 Å². The maximum atomic E-state index is 13.8. The second kappa shape index (κ2) is 5.09. The molecular formula is C11H11F5N2O2S. The minimum absolute atomic E-state index is 0.183. The van der Waals surface area contributed by atoms with E-state index in [1.54, 1.807) is 0 Å². The lowest BCUT2D eigenvalue weighted by Crippen LogP contribution is -2.40. The van der Waals surface area contributed by atoms with Gasteiger partial charge in [0.15, 0.2) is 5.82 Å². The average Bonchev–Trinajstić information content (AvgIpc) is 3.15. The minimum atomic E-state index is -4.77. The molecule has 1 aliphatic carbocycles. The van der Waals surface area contributed by atoms with Crippen molar-refractivity contribution in [1.82, 2.24) is 4.31 Å². The Morgan fingerprint density at radius 1 is 1.24 bits per heavy atom. The summed E-state index contributed by atoms with van der Waals surface area (Å²) in [5, 5.41) is 0. The van der Waals surface area contributed by atoms with Gasteiger partial charge in [0.2, 0.25) is 10.0 Å². The predicted molar refractivity (Wildman–Crippen MR) is 63.7 cm³/mol. The number of hydrogen-bond donors (Lipinski definition) is 1. The lowest BCUT2D eigenvalue weighted by Gasteiger charge is -2.23. The zero-order chi connectivity index (χ0) is 16.0. The molecule has 0 saturated heterocycles. The fraction of sp³-hybridized carbons (Fsp3) is 0.455. The highest BCUT2D eigenvalue weighted by Gasteiger charge is 2.45. The fourth-order valence-electron chi connectivity index (χ4n) is 1.82. The van der Waals surface area contributed by atoms with Crippen molar-refractivity contribution in [3.8, 4) is 0 Å². The third kappa shape index (κ3) is 3.26. The summed E-state index contributed by atoms with van der Waals surface area (Å²) in [7, 11) is -4.75. The molecule has 2 N–H and O–H groups in total. The molecule has 0 bridgehead atoms. The Kier molecular flexibility index (Phi) is 3.87. The lowest BCUT2D eigenvalue weighted by atomic mass is 10.3. The number of benzene rings is 1. The molecule has 1 aliphatic rings. The number of anilines is 1. The third-order valence-corrected chi connectivity index (χ3v) is 4.88. The number of rotatable bonds is 4. The number of alkyl halides is 3. The molecule has 0 heterocycles. The molecule has 2 rings (SSSR count). The van der Waals surface area contributed by atoms with Gasteiger partial charge in [-0.3, -0.25) is 0 Å². The van der Waals surface area contributed by atoms with E-state index in [1.807, 2.05) is 0 Å². The van der Waals surface area contributed by atoms with Crippen molar-refractivity contribution in [2.75, 3.05) is 12.3 Å². The summed E-state index contributed by atoms with van der Waals surface area (Å²) in [5.74, 6) is -2.76. The topological polar surface area (TPSA) is 63.4 Å². The smallest absolute Gasteiger partial charge is 0.394 e. The lowest BCUT2D eigenvalue weighted by molar-refractivity contribution is -0.137. The molecule has 0 spiro atoms. The fourth-order valence-corrected chi connectivity index (χ4v) is 3.57. The van der Waals surface area contributed by atoms with Crippen LogP contribution in [0, 0.1) is 11.6 Å². The van der Waals surface area contributed by atoms with Crippen molar-refractivity contribution in [2.45, 2.75) is 30.0 Å². The monoisotopic (exact) mass is 330 g/mol. The van der Waals surface area contributed by atoms with Crippen molar-refractivity contribution in [1.29, 1.82) is 0 Å². The Bertz CT molecular complexity index is 655. The summed E-state index contributed by atoms with van der Waals surface area (Å²) < 4.78 is 88.9. The molecule has 0 unspecified atom stereocenters. The SMILES string of the molecule is Nc1c(F)ccc(S(=O)(=O)N(CC(F)(F)F)C2CC2)c1F. The van der Waals surface area contributed by atoms with Crippen LogP contribution in [0.4, 0.5) is 27.6 Å². The zero-order valence-electron chi connectivity index (χ0n) is 10.5. The van der Waals surface area contributed by atoms with Crippen LogP contribution in [0.25, 0.3) is 0 Å². The van der Waals surface area contributed by atoms with Gasteiger partial charge in [-0.1, -0.05) is 0 Å². The first-order valence-corrected chi connectivity index (χ1v) is 7.30. The van der Waals surface area contributed by atoms with Gasteiger partial charge in [-0.2, -0.15) is 17.5 Å². The molecule has 10 heteroatoms. The average molecular weight is 330 g/mol. The van der Waals surface area contributed by atoms with E-state index >= 15 is 0 Å². The molecule has 0 atom stereocenters. The van der Waals surface area contributed by atoms with Crippen LogP contribution in [0.3, 0.4) is 0 Å². The van der Waals surface area contributed by atoms with Gasteiger partial charge in [-0.15, -0.1) is 0 Å². The van der Waals surface area contributed by atoms with E-state index in [0.717, 1.165) is 0 Å². The molecule has 0 aromatic heterocycles. The summed E-state index contributed by atoms with van der Waals surface area (Å²) in [4.78, 5) is -1.06. The molecule has 0 aliphatic heterocycles. The first kappa shape index (κ1) is 16.0. The van der Waals surface area contributed by atoms with E-state index in [9.17, 15) is 30.4 Å². The Hall–Kier alpha value is -1.42. The van der Waals surface area contributed by atoms with E-state index in [0.29, 0.717) is 12.1 Å². The molecule has 1 aromatic carbocycles. The first-order valence-electron chi connectivity index (χ1n) is 5.86. The molecule has 0 amide bonds. The normalized spacial score (nSPS) is 16.5. The second-order valence-electron chi connectivity index (χ2n) is 4.67. The van der Waals surface area contributed by atoms with Crippen LogP contribution in [-0.2, 0) is 10.0 Å². The summed E-state index contributed by atoms with van der Waals surface area (Å²) in [6, 6.07) is 0.341. The standard InChI is InChI=1S/C11H11F5N2O2S/c12-7-3-4-8(9(13)10(7)17)21(19,20)18(6-1-2-6)5-11(14,15)16/h3-4,6H,1-2,5,17H2. The van der Waals surface area contributed by atoms with Crippen LogP contribution in [-0.4, -0.2) is 31.5 Å². The highest BCUT2D eigenvalue weighted by Crippen LogP contribution is 2.36. The van der Waals surface area contributed by atoms with Crippen molar-refractivity contribution in [2.24, 2.45) is 0 Å². The van der Waals surface area contributed by atoms with Gasteiger partial charge in [0, 0.05) is 6.04 Å². The Morgan fingerprint density at radius 3 is 2.29 bits per heavy atom. The van der Waals surface area contributed by atoms with Crippen LogP contribution in [0.1, 0.15) is 12.8 Å². The molecule has 21 heavy (non-hydrogen) atoms. The van der Waals surface area contributed by atoms with Gasteiger partial charge in [0.25, 0.3) is 0 Å². The van der Waals surface area contributed by atoms with Crippen LogP contribution in [0.5, 0.6) is 0 Å². The molecule has 1 saturated carbocycles. The van der Waals surface area contributed by atoms with E-state index in [-0.39, 0.29) is 17.1 Å². The van der Waals surface area contributed by atoms with Crippen molar-refractivity contribution < 1.29 is 30.4 Å². The number of nitrogens with two attached hydrogens (primary N) is 1. The Balaban J connectivity index is 2.47. The van der Waals surface area contributed by atoms with E-state index in [1.165, 1.54) is 0 Å². The number of hydrogen-bond acceptors (Lipinski definition) is 3. The highest BCUT2D eigenvalue weighted by molar-refractivity contribution is 7.89. The number of halogens is 5. The number of nitrogen functional groups attached to an aromatic ring is 1. The summed E-state index contributed by atoms with van der Waals surface area (Å²) in [5.41, 5.74) is 4.00. The number of nitrogens with zero attached hydrogens (tertiary/aromatic N) is 1.